The van der Waals surface area contributed by atoms with E-state index in [2.05, 4.69) is 5.32 Å². The molecule has 0 aliphatic carbocycles. The fraction of sp³-hybridized carbons (Fsp3) is 1.00. The van der Waals surface area contributed by atoms with Crippen molar-refractivity contribution in [3.05, 3.63) is 0 Å². The van der Waals surface area contributed by atoms with Crippen LogP contribution < -0.4 is 5.32 Å². The van der Waals surface area contributed by atoms with Gasteiger partial charge >= 0.3 is 6.18 Å². The van der Waals surface area contributed by atoms with Crippen LogP contribution in [0.15, 0.2) is 0 Å². The van der Waals surface area contributed by atoms with E-state index in [0.717, 1.165) is 0 Å². The van der Waals surface area contributed by atoms with Gasteiger partial charge in [-0.3, -0.25) is 0 Å². The van der Waals surface area contributed by atoms with Crippen LogP contribution in [0.4, 0.5) is 13.2 Å². The Hall–Kier alpha value is -0.330. The standard InChI is InChI=1S/C8H16F3NO2/c1-5(7(2,3)14)12-4-6(13)8(9,10)11/h5-6,12-14H,4H2,1-3H3. The predicted octanol–water partition coefficient (Wildman–Crippen LogP) is 0.659. The van der Waals surface area contributed by atoms with Gasteiger partial charge in [0.15, 0.2) is 6.10 Å². The highest BCUT2D eigenvalue weighted by atomic mass is 19.4. The first-order chi connectivity index (χ1) is 6.05. The van der Waals surface area contributed by atoms with Crippen molar-refractivity contribution >= 4 is 0 Å². The Labute approximate surface area is 80.9 Å². The van der Waals surface area contributed by atoms with Crippen LogP contribution in [-0.4, -0.2) is 40.7 Å². The van der Waals surface area contributed by atoms with E-state index in [9.17, 15) is 18.3 Å². The van der Waals surface area contributed by atoms with E-state index < -0.39 is 30.5 Å². The van der Waals surface area contributed by atoms with Crippen molar-refractivity contribution in [1.82, 2.24) is 5.32 Å². The first kappa shape index (κ1) is 13.7. The molecule has 0 saturated carbocycles. The van der Waals surface area contributed by atoms with E-state index in [0.29, 0.717) is 0 Å². The van der Waals surface area contributed by atoms with Gasteiger partial charge in [0.05, 0.1) is 5.60 Å². The molecule has 0 heterocycles. The zero-order chi connectivity index (χ0) is 11.6. The highest BCUT2D eigenvalue weighted by Gasteiger charge is 2.38. The fourth-order valence-electron chi connectivity index (χ4n) is 0.654. The molecule has 0 aromatic heterocycles. The van der Waals surface area contributed by atoms with Crippen molar-refractivity contribution in [3.63, 3.8) is 0 Å². The van der Waals surface area contributed by atoms with Gasteiger partial charge in [0.25, 0.3) is 0 Å². The van der Waals surface area contributed by atoms with Gasteiger partial charge in [-0.1, -0.05) is 0 Å². The number of hydrogen-bond donors (Lipinski definition) is 3. The molecule has 0 aliphatic rings. The number of aliphatic hydroxyl groups excluding tert-OH is 1. The summed E-state index contributed by atoms with van der Waals surface area (Å²) < 4.78 is 35.5. The normalized spacial score (nSPS) is 18.0. The van der Waals surface area contributed by atoms with Gasteiger partial charge in [0.2, 0.25) is 0 Å². The maximum atomic E-state index is 11.8. The smallest absolute Gasteiger partial charge is 0.389 e. The minimum absolute atomic E-state index is 0.528. The molecule has 2 atom stereocenters. The summed E-state index contributed by atoms with van der Waals surface area (Å²) in [6, 6.07) is -0.528. The molecule has 0 amide bonds. The SMILES string of the molecule is CC(NCC(O)C(F)(F)F)C(C)(C)O. The summed E-state index contributed by atoms with van der Waals surface area (Å²) in [6.07, 6.45) is -7.01. The molecule has 3 nitrogen and oxygen atoms in total. The summed E-state index contributed by atoms with van der Waals surface area (Å²) in [4.78, 5) is 0. The zero-order valence-electron chi connectivity index (χ0n) is 8.39. The minimum atomic E-state index is -4.62. The molecule has 0 rings (SSSR count). The third-order valence-corrected chi connectivity index (χ3v) is 2.05. The van der Waals surface area contributed by atoms with Crippen LogP contribution in [0.1, 0.15) is 20.8 Å². The van der Waals surface area contributed by atoms with Gasteiger partial charge in [-0.15, -0.1) is 0 Å². The van der Waals surface area contributed by atoms with Gasteiger partial charge in [0.1, 0.15) is 0 Å². The second kappa shape index (κ2) is 4.46. The number of alkyl halides is 3. The van der Waals surface area contributed by atoms with Crippen LogP contribution in [0.5, 0.6) is 0 Å². The summed E-state index contributed by atoms with van der Waals surface area (Å²) in [5.41, 5.74) is -1.12. The van der Waals surface area contributed by atoms with Crippen molar-refractivity contribution in [3.8, 4) is 0 Å². The number of aliphatic hydroxyl groups is 2. The molecule has 0 aromatic rings. The summed E-state index contributed by atoms with van der Waals surface area (Å²) in [7, 11) is 0. The molecule has 0 fully saturated rings. The second-order valence-corrected chi connectivity index (χ2v) is 3.84. The molecule has 2 unspecified atom stereocenters. The predicted molar refractivity (Wildman–Crippen MR) is 45.8 cm³/mol. The maximum Gasteiger partial charge on any atom is 0.415 e. The molecular formula is C8H16F3NO2. The van der Waals surface area contributed by atoms with E-state index in [4.69, 9.17) is 5.11 Å². The number of hydrogen-bond acceptors (Lipinski definition) is 3. The Morgan fingerprint density at radius 1 is 1.29 bits per heavy atom. The molecule has 0 radical (unpaired) electrons. The Bertz CT molecular complexity index is 156. The summed E-state index contributed by atoms with van der Waals surface area (Å²) in [5.74, 6) is 0. The van der Waals surface area contributed by atoms with E-state index >= 15 is 0 Å². The van der Waals surface area contributed by atoms with Crippen molar-refractivity contribution in [1.29, 1.82) is 0 Å². The molecule has 3 N–H and O–H groups in total. The average Bonchev–Trinajstić information content (AvgIpc) is 1.95. The second-order valence-electron chi connectivity index (χ2n) is 3.84. The lowest BCUT2D eigenvalue weighted by molar-refractivity contribution is -0.202. The molecule has 86 valence electrons. The number of nitrogens with one attached hydrogen (secondary N) is 1. The topological polar surface area (TPSA) is 52.5 Å². The Kier molecular flexibility index (Phi) is 4.35. The van der Waals surface area contributed by atoms with Crippen LogP contribution >= 0.6 is 0 Å². The quantitative estimate of drug-likeness (QED) is 0.645. The molecule has 14 heavy (non-hydrogen) atoms. The van der Waals surface area contributed by atoms with E-state index in [-0.39, 0.29) is 0 Å². The molecule has 0 bridgehead atoms. The van der Waals surface area contributed by atoms with Gasteiger partial charge in [-0.25, -0.2) is 0 Å². The first-order valence-electron chi connectivity index (χ1n) is 4.25. The first-order valence-corrected chi connectivity index (χ1v) is 4.25. The van der Waals surface area contributed by atoms with E-state index in [1.807, 2.05) is 0 Å². The molecule has 0 aliphatic heterocycles. The largest absolute Gasteiger partial charge is 0.415 e. The van der Waals surface area contributed by atoms with Crippen LogP contribution in [-0.2, 0) is 0 Å². The number of halogens is 3. The van der Waals surface area contributed by atoms with Crippen molar-refractivity contribution in [2.75, 3.05) is 6.54 Å². The summed E-state index contributed by atoms with van der Waals surface area (Å²) >= 11 is 0. The lowest BCUT2D eigenvalue weighted by atomic mass is 10.0. The van der Waals surface area contributed by atoms with Gasteiger partial charge in [-0.05, 0) is 20.8 Å². The Morgan fingerprint density at radius 3 is 2.00 bits per heavy atom. The van der Waals surface area contributed by atoms with Gasteiger partial charge < -0.3 is 15.5 Å². The lowest BCUT2D eigenvalue weighted by Gasteiger charge is -2.28. The maximum absolute atomic E-state index is 11.8. The van der Waals surface area contributed by atoms with E-state index in [1.54, 1.807) is 6.92 Å². The van der Waals surface area contributed by atoms with Crippen LogP contribution in [0.3, 0.4) is 0 Å². The Balaban J connectivity index is 3.96. The van der Waals surface area contributed by atoms with Crippen molar-refractivity contribution < 1.29 is 23.4 Å². The molecular weight excluding hydrogens is 199 g/mol. The van der Waals surface area contributed by atoms with Crippen molar-refractivity contribution in [2.24, 2.45) is 0 Å². The lowest BCUT2D eigenvalue weighted by Crippen LogP contribution is -2.49. The third-order valence-electron chi connectivity index (χ3n) is 2.05. The highest BCUT2D eigenvalue weighted by Crippen LogP contribution is 2.19. The minimum Gasteiger partial charge on any atom is -0.389 e. The fourth-order valence-corrected chi connectivity index (χ4v) is 0.654. The van der Waals surface area contributed by atoms with Crippen LogP contribution in [0, 0.1) is 0 Å². The molecule has 0 spiro atoms. The summed E-state index contributed by atoms with van der Waals surface area (Å²) in [5, 5.41) is 20.4. The monoisotopic (exact) mass is 215 g/mol. The zero-order valence-corrected chi connectivity index (χ0v) is 8.39. The average molecular weight is 215 g/mol. The van der Waals surface area contributed by atoms with Gasteiger partial charge in [0, 0.05) is 12.6 Å². The van der Waals surface area contributed by atoms with Crippen molar-refractivity contribution in [2.45, 2.75) is 44.7 Å². The summed E-state index contributed by atoms with van der Waals surface area (Å²) in [6.45, 7) is 3.88. The van der Waals surface area contributed by atoms with Gasteiger partial charge in [-0.2, -0.15) is 13.2 Å². The molecule has 6 heteroatoms. The highest BCUT2D eigenvalue weighted by molar-refractivity contribution is 4.81. The number of rotatable bonds is 4. The molecule has 0 aromatic carbocycles. The van der Waals surface area contributed by atoms with E-state index in [1.165, 1.54) is 13.8 Å². The third kappa shape index (κ3) is 4.78. The Morgan fingerprint density at radius 2 is 1.71 bits per heavy atom. The van der Waals surface area contributed by atoms with Crippen LogP contribution in [0.25, 0.3) is 0 Å². The molecule has 0 saturated heterocycles. The van der Waals surface area contributed by atoms with Crippen LogP contribution in [0.2, 0.25) is 0 Å².